The minimum absolute atomic E-state index is 0.00546. The Morgan fingerprint density at radius 2 is 2.13 bits per heavy atom. The van der Waals surface area contributed by atoms with Crippen LogP contribution in [0, 0.1) is 5.92 Å². The number of nitrogen functional groups attached to an aromatic ring is 1. The van der Waals surface area contributed by atoms with Gasteiger partial charge in [0.05, 0.1) is 0 Å². The third-order valence-electron chi connectivity index (χ3n) is 2.76. The predicted octanol–water partition coefficient (Wildman–Crippen LogP) is 3.03. The van der Waals surface area contributed by atoms with Crippen LogP contribution < -0.4 is 11.1 Å². The second-order valence-electron chi connectivity index (χ2n) is 4.11. The quantitative estimate of drug-likeness (QED) is 0.756. The first kappa shape index (κ1) is 10.2. The number of alkyl halides is 2. The van der Waals surface area contributed by atoms with Crippen molar-refractivity contribution in [1.82, 2.24) is 0 Å². The number of benzene rings is 1. The van der Waals surface area contributed by atoms with Gasteiger partial charge >= 0.3 is 0 Å². The van der Waals surface area contributed by atoms with Crippen molar-refractivity contribution in [3.63, 3.8) is 0 Å². The van der Waals surface area contributed by atoms with Crippen molar-refractivity contribution < 1.29 is 8.78 Å². The van der Waals surface area contributed by atoms with Gasteiger partial charge in [0.15, 0.2) is 0 Å². The number of nitrogens with one attached hydrogen (secondary N) is 1. The highest BCUT2D eigenvalue weighted by atomic mass is 19.3. The monoisotopic (exact) mass is 212 g/mol. The Balaban J connectivity index is 2.21. The van der Waals surface area contributed by atoms with Crippen molar-refractivity contribution in [1.29, 1.82) is 0 Å². The molecule has 0 aromatic heterocycles. The highest BCUT2D eigenvalue weighted by Gasteiger charge is 2.33. The lowest BCUT2D eigenvalue weighted by atomic mass is 10.1. The van der Waals surface area contributed by atoms with Crippen molar-refractivity contribution in [3.8, 4) is 0 Å². The molecule has 1 aliphatic carbocycles. The Morgan fingerprint density at radius 1 is 1.47 bits per heavy atom. The molecule has 1 aromatic carbocycles. The van der Waals surface area contributed by atoms with Crippen molar-refractivity contribution >= 4 is 11.4 Å². The summed E-state index contributed by atoms with van der Waals surface area (Å²) in [4.78, 5) is 0. The number of anilines is 2. The van der Waals surface area contributed by atoms with Crippen molar-refractivity contribution in [3.05, 3.63) is 23.8 Å². The summed E-state index contributed by atoms with van der Waals surface area (Å²) in [6.45, 7) is 2.09. The minimum atomic E-state index is -2.48. The van der Waals surface area contributed by atoms with Gasteiger partial charge in [0, 0.05) is 23.0 Å². The van der Waals surface area contributed by atoms with E-state index in [1.54, 1.807) is 12.1 Å². The number of hydrogen-bond acceptors (Lipinski definition) is 2. The molecule has 1 saturated carbocycles. The fourth-order valence-electron chi connectivity index (χ4n) is 1.62. The highest BCUT2D eigenvalue weighted by Crippen LogP contribution is 2.36. The molecule has 1 aromatic rings. The highest BCUT2D eigenvalue weighted by molar-refractivity contribution is 5.59. The fraction of sp³-hybridized carbons (Fsp3) is 0.455. The molecule has 82 valence electrons. The lowest BCUT2D eigenvalue weighted by Gasteiger charge is -2.11. The van der Waals surface area contributed by atoms with Crippen LogP contribution >= 0.6 is 0 Å². The van der Waals surface area contributed by atoms with Crippen LogP contribution in [-0.2, 0) is 0 Å². The van der Waals surface area contributed by atoms with Crippen LogP contribution in [0.1, 0.15) is 25.3 Å². The summed E-state index contributed by atoms with van der Waals surface area (Å²) in [6.07, 6.45) is -1.43. The van der Waals surface area contributed by atoms with Gasteiger partial charge in [-0.3, -0.25) is 0 Å². The van der Waals surface area contributed by atoms with E-state index in [2.05, 4.69) is 12.2 Å². The molecule has 3 N–H and O–H groups in total. The Hall–Kier alpha value is -1.32. The van der Waals surface area contributed by atoms with Crippen molar-refractivity contribution in [2.45, 2.75) is 25.8 Å². The van der Waals surface area contributed by atoms with Gasteiger partial charge in [-0.1, -0.05) is 6.92 Å². The molecule has 0 saturated heterocycles. The first-order valence-corrected chi connectivity index (χ1v) is 5.02. The Labute approximate surface area is 87.5 Å². The molecule has 2 nitrogen and oxygen atoms in total. The topological polar surface area (TPSA) is 38.0 Å². The zero-order chi connectivity index (χ0) is 11.0. The smallest absolute Gasteiger partial charge is 0.265 e. The molecular weight excluding hydrogens is 198 g/mol. The molecule has 2 atom stereocenters. The summed E-state index contributed by atoms with van der Waals surface area (Å²) >= 11 is 0. The van der Waals surface area contributed by atoms with E-state index in [0.29, 0.717) is 23.3 Å². The molecule has 2 unspecified atom stereocenters. The van der Waals surface area contributed by atoms with Gasteiger partial charge < -0.3 is 11.1 Å². The van der Waals surface area contributed by atoms with Crippen molar-refractivity contribution in [2.75, 3.05) is 11.1 Å². The lowest BCUT2D eigenvalue weighted by molar-refractivity contribution is 0.152. The van der Waals surface area contributed by atoms with Crippen molar-refractivity contribution in [2.24, 2.45) is 5.92 Å². The maximum Gasteiger partial charge on any atom is 0.265 e. The lowest BCUT2D eigenvalue weighted by Crippen LogP contribution is -2.06. The first-order valence-electron chi connectivity index (χ1n) is 5.02. The second-order valence-corrected chi connectivity index (χ2v) is 4.11. The van der Waals surface area contributed by atoms with Gasteiger partial charge in [-0.25, -0.2) is 8.78 Å². The standard InChI is InChI=1S/C11H14F2N2/c1-6-4-10(6)15-9-3-2-7(14)5-8(9)11(12)13/h2-3,5-6,10-11,15H,4,14H2,1H3. The molecule has 4 heteroatoms. The first-order chi connectivity index (χ1) is 7.08. The van der Waals surface area contributed by atoms with Gasteiger partial charge in [-0.05, 0) is 30.5 Å². The maximum absolute atomic E-state index is 12.7. The SMILES string of the molecule is CC1CC1Nc1ccc(N)cc1C(F)F. The number of nitrogens with two attached hydrogens (primary N) is 1. The third kappa shape index (κ3) is 2.19. The van der Waals surface area contributed by atoms with Crippen LogP contribution in [0.25, 0.3) is 0 Å². The summed E-state index contributed by atoms with van der Waals surface area (Å²) in [5.74, 6) is 0.577. The molecule has 0 bridgehead atoms. The van der Waals surface area contributed by atoms with E-state index >= 15 is 0 Å². The molecular formula is C11H14F2N2. The van der Waals surface area contributed by atoms with Crippen LogP contribution in [0.3, 0.4) is 0 Å². The average Bonchev–Trinajstić information content (AvgIpc) is 2.85. The molecule has 1 fully saturated rings. The maximum atomic E-state index is 12.7. The predicted molar refractivity (Wildman–Crippen MR) is 57.0 cm³/mol. The van der Waals surface area contributed by atoms with Gasteiger partial charge in [-0.15, -0.1) is 0 Å². The van der Waals surface area contributed by atoms with Crippen LogP contribution in [0.5, 0.6) is 0 Å². The molecule has 1 aliphatic rings. The van der Waals surface area contributed by atoms with E-state index < -0.39 is 6.43 Å². The zero-order valence-corrected chi connectivity index (χ0v) is 8.50. The molecule has 2 rings (SSSR count). The molecule has 0 amide bonds. The van der Waals surface area contributed by atoms with Crippen LogP contribution in [0.2, 0.25) is 0 Å². The third-order valence-corrected chi connectivity index (χ3v) is 2.76. The average molecular weight is 212 g/mol. The minimum Gasteiger partial charge on any atom is -0.399 e. The summed E-state index contributed by atoms with van der Waals surface area (Å²) < 4.78 is 25.4. The number of halogens is 2. The van der Waals surface area contributed by atoms with Gasteiger partial charge in [0.2, 0.25) is 0 Å². The number of rotatable bonds is 3. The van der Waals surface area contributed by atoms with E-state index in [4.69, 9.17) is 5.73 Å². The largest absolute Gasteiger partial charge is 0.399 e. The molecule has 0 spiro atoms. The van der Waals surface area contributed by atoms with E-state index in [1.165, 1.54) is 6.07 Å². The van der Waals surface area contributed by atoms with E-state index in [-0.39, 0.29) is 5.56 Å². The molecule has 0 aliphatic heterocycles. The Kier molecular flexibility index (Phi) is 2.50. The molecule has 0 heterocycles. The van der Waals surface area contributed by atoms with Crippen LogP contribution in [0.4, 0.5) is 20.2 Å². The molecule has 15 heavy (non-hydrogen) atoms. The summed E-state index contributed by atoms with van der Waals surface area (Å²) in [6, 6.07) is 4.94. The second kappa shape index (κ2) is 3.68. The van der Waals surface area contributed by atoms with Crippen LogP contribution in [0.15, 0.2) is 18.2 Å². The zero-order valence-electron chi connectivity index (χ0n) is 8.50. The Morgan fingerprint density at radius 3 is 2.67 bits per heavy atom. The van der Waals surface area contributed by atoms with Gasteiger partial charge in [-0.2, -0.15) is 0 Å². The van der Waals surface area contributed by atoms with Gasteiger partial charge in [0.25, 0.3) is 6.43 Å². The number of hydrogen-bond donors (Lipinski definition) is 2. The Bertz CT molecular complexity index is 366. The van der Waals surface area contributed by atoms with Crippen LogP contribution in [-0.4, -0.2) is 6.04 Å². The van der Waals surface area contributed by atoms with E-state index in [0.717, 1.165) is 6.42 Å². The summed E-state index contributed by atoms with van der Waals surface area (Å²) in [7, 11) is 0. The van der Waals surface area contributed by atoms with Gasteiger partial charge in [0.1, 0.15) is 0 Å². The fourth-order valence-corrected chi connectivity index (χ4v) is 1.62. The molecule has 0 radical (unpaired) electrons. The summed E-state index contributed by atoms with van der Waals surface area (Å²) in [5, 5.41) is 3.11. The normalized spacial score (nSPS) is 24.3. The van der Waals surface area contributed by atoms with E-state index in [9.17, 15) is 8.78 Å². The summed E-state index contributed by atoms with van der Waals surface area (Å²) in [5.41, 5.74) is 6.36. The van der Waals surface area contributed by atoms with E-state index in [1.807, 2.05) is 0 Å².